The normalized spacial score (nSPS) is 10.8. The third kappa shape index (κ3) is 4.58. The van der Waals surface area contributed by atoms with E-state index in [1.807, 2.05) is 48.8 Å². The monoisotopic (exact) mass is 441 g/mol. The quantitative estimate of drug-likeness (QED) is 0.438. The van der Waals surface area contributed by atoms with Crippen LogP contribution in [-0.4, -0.2) is 38.1 Å². The largest absolute Gasteiger partial charge is 0.497 e. The highest BCUT2D eigenvalue weighted by molar-refractivity contribution is 7.99. The highest BCUT2D eigenvalue weighted by Gasteiger charge is 2.17. The molecule has 0 saturated carbocycles. The van der Waals surface area contributed by atoms with Gasteiger partial charge in [-0.3, -0.25) is 13.9 Å². The Morgan fingerprint density at radius 2 is 1.84 bits per heavy atom. The zero-order valence-electron chi connectivity index (χ0n) is 16.3. The summed E-state index contributed by atoms with van der Waals surface area (Å²) in [6.45, 7) is 0. The molecule has 1 amide bonds. The molecule has 0 spiro atoms. The first-order valence-electron chi connectivity index (χ1n) is 9.16. The van der Waals surface area contributed by atoms with E-state index in [-0.39, 0.29) is 11.4 Å². The number of hydrogen-bond acceptors (Lipinski definition) is 5. The van der Waals surface area contributed by atoms with E-state index in [0.29, 0.717) is 22.9 Å². The van der Waals surface area contributed by atoms with E-state index in [1.54, 1.807) is 16.2 Å². The first-order valence-corrected chi connectivity index (χ1v) is 10.1. The summed E-state index contributed by atoms with van der Waals surface area (Å²) in [5.41, 5.74) is 0.693. The second-order valence-electron chi connectivity index (χ2n) is 6.37. The van der Waals surface area contributed by atoms with E-state index < -0.39 is 17.5 Å². The first kappa shape index (κ1) is 20.6. The number of benzene rings is 2. The number of rotatable bonds is 7. The Labute approximate surface area is 180 Å². The van der Waals surface area contributed by atoms with Gasteiger partial charge in [-0.1, -0.05) is 11.8 Å². The summed E-state index contributed by atoms with van der Waals surface area (Å²) in [7, 11) is 1.59. The summed E-state index contributed by atoms with van der Waals surface area (Å²) < 4.78 is 35.6. The van der Waals surface area contributed by atoms with Gasteiger partial charge in [0.05, 0.1) is 24.2 Å². The number of ether oxygens (including phenoxy) is 1. The molecule has 4 aromatic rings. The number of hydrogen-bond donors (Lipinski definition) is 1. The maximum Gasteiger partial charge on any atom is 0.240 e. The van der Waals surface area contributed by atoms with Crippen LogP contribution in [-0.2, 0) is 4.79 Å². The maximum atomic E-state index is 13.8. The number of carbonyl (C=O) groups is 1. The van der Waals surface area contributed by atoms with Crippen molar-refractivity contribution < 1.29 is 18.3 Å². The van der Waals surface area contributed by atoms with Gasteiger partial charge in [-0.15, -0.1) is 10.2 Å². The maximum absolute atomic E-state index is 13.8. The lowest BCUT2D eigenvalue weighted by Crippen LogP contribution is -2.15. The Morgan fingerprint density at radius 1 is 1.10 bits per heavy atom. The van der Waals surface area contributed by atoms with Gasteiger partial charge in [-0.25, -0.2) is 8.78 Å². The lowest BCUT2D eigenvalue weighted by Gasteiger charge is -2.11. The number of nitrogens with zero attached hydrogens (tertiary/aromatic N) is 4. The number of anilines is 1. The van der Waals surface area contributed by atoms with Crippen molar-refractivity contribution in [2.75, 3.05) is 18.2 Å². The van der Waals surface area contributed by atoms with Crippen molar-refractivity contribution in [3.05, 3.63) is 78.6 Å². The van der Waals surface area contributed by atoms with Crippen molar-refractivity contribution in [2.45, 2.75) is 5.16 Å². The third-order valence-electron chi connectivity index (χ3n) is 4.32. The molecule has 1 N–H and O–H groups in total. The van der Waals surface area contributed by atoms with Crippen LogP contribution in [0.1, 0.15) is 0 Å². The van der Waals surface area contributed by atoms with Crippen molar-refractivity contribution in [1.29, 1.82) is 0 Å². The molecule has 4 rings (SSSR count). The predicted octanol–water partition coefficient (Wildman–Crippen LogP) is 4.08. The van der Waals surface area contributed by atoms with Crippen LogP contribution in [0.25, 0.3) is 11.6 Å². The molecule has 2 aromatic heterocycles. The zero-order chi connectivity index (χ0) is 21.8. The molecule has 0 unspecified atom stereocenters. The van der Waals surface area contributed by atoms with E-state index in [2.05, 4.69) is 15.5 Å². The van der Waals surface area contributed by atoms with Gasteiger partial charge in [0.2, 0.25) is 11.9 Å². The predicted molar refractivity (Wildman–Crippen MR) is 113 cm³/mol. The van der Waals surface area contributed by atoms with Crippen LogP contribution in [0, 0.1) is 11.6 Å². The minimum absolute atomic E-state index is 0.0449. The van der Waals surface area contributed by atoms with E-state index in [4.69, 9.17) is 4.74 Å². The smallest absolute Gasteiger partial charge is 0.240 e. The number of nitrogens with one attached hydrogen (secondary N) is 1. The lowest BCUT2D eigenvalue weighted by atomic mass is 10.3. The molecular formula is C21H17F2N5O2S. The van der Waals surface area contributed by atoms with Crippen LogP contribution in [0.5, 0.6) is 5.75 Å². The minimum atomic E-state index is -0.838. The molecule has 0 aliphatic carbocycles. The van der Waals surface area contributed by atoms with Crippen LogP contribution in [0.2, 0.25) is 0 Å². The Balaban J connectivity index is 1.57. The fourth-order valence-electron chi connectivity index (χ4n) is 2.86. The molecular weight excluding hydrogens is 424 g/mol. The number of methoxy groups -OCH3 is 1. The van der Waals surface area contributed by atoms with Gasteiger partial charge in [0.1, 0.15) is 17.4 Å². The topological polar surface area (TPSA) is 74.0 Å². The van der Waals surface area contributed by atoms with Crippen molar-refractivity contribution in [1.82, 2.24) is 19.3 Å². The number of aromatic nitrogens is 4. The molecule has 0 bridgehead atoms. The van der Waals surface area contributed by atoms with Gasteiger partial charge in [-0.2, -0.15) is 0 Å². The van der Waals surface area contributed by atoms with Gasteiger partial charge in [0, 0.05) is 18.5 Å². The molecule has 7 nitrogen and oxygen atoms in total. The zero-order valence-corrected chi connectivity index (χ0v) is 17.1. The number of carbonyl (C=O) groups excluding carboxylic acids is 1. The Kier molecular flexibility index (Phi) is 5.99. The van der Waals surface area contributed by atoms with Gasteiger partial charge in [-0.05, 0) is 48.5 Å². The fourth-order valence-corrected chi connectivity index (χ4v) is 3.60. The van der Waals surface area contributed by atoms with Crippen LogP contribution in [0.15, 0.2) is 72.1 Å². The number of thioether (sulfide) groups is 1. The van der Waals surface area contributed by atoms with Gasteiger partial charge < -0.3 is 10.1 Å². The summed E-state index contributed by atoms with van der Waals surface area (Å²) in [4.78, 5) is 12.3. The van der Waals surface area contributed by atoms with E-state index in [9.17, 15) is 13.6 Å². The number of amides is 1. The molecule has 158 valence electrons. The molecule has 31 heavy (non-hydrogen) atoms. The van der Waals surface area contributed by atoms with Crippen LogP contribution < -0.4 is 10.1 Å². The lowest BCUT2D eigenvalue weighted by molar-refractivity contribution is -0.113. The molecule has 0 atom stereocenters. The SMILES string of the molecule is COc1ccc(-n2c(SCC(=O)Nc3ccc(F)cc3F)nnc2-n2cccc2)cc1. The summed E-state index contributed by atoms with van der Waals surface area (Å²) in [5, 5.41) is 11.4. The Bertz CT molecular complexity index is 1190. The molecule has 0 fully saturated rings. The standard InChI is InChI=1S/C21H17F2N5O2S/c1-30-16-7-5-15(6-8-16)28-20(27-10-2-3-11-27)25-26-21(28)31-13-19(29)24-18-9-4-14(22)12-17(18)23/h2-12H,13H2,1H3,(H,24,29). The molecule has 10 heteroatoms. The highest BCUT2D eigenvalue weighted by Crippen LogP contribution is 2.26. The van der Waals surface area contributed by atoms with E-state index in [1.165, 1.54) is 6.07 Å². The average Bonchev–Trinajstić information content (AvgIpc) is 3.44. The van der Waals surface area contributed by atoms with Crippen LogP contribution >= 0.6 is 11.8 Å². The van der Waals surface area contributed by atoms with E-state index in [0.717, 1.165) is 23.5 Å². The van der Waals surface area contributed by atoms with Crippen molar-refractivity contribution in [2.24, 2.45) is 0 Å². The van der Waals surface area contributed by atoms with Crippen LogP contribution in [0.4, 0.5) is 14.5 Å². The van der Waals surface area contributed by atoms with Crippen LogP contribution in [0.3, 0.4) is 0 Å². The van der Waals surface area contributed by atoms with Gasteiger partial charge in [0.25, 0.3) is 0 Å². The third-order valence-corrected chi connectivity index (χ3v) is 5.25. The Hall–Kier alpha value is -3.66. The van der Waals surface area contributed by atoms with Crippen molar-refractivity contribution in [3.63, 3.8) is 0 Å². The summed E-state index contributed by atoms with van der Waals surface area (Å²) in [5.74, 6) is -0.805. The van der Waals surface area contributed by atoms with Crippen molar-refractivity contribution >= 4 is 23.4 Å². The van der Waals surface area contributed by atoms with Crippen molar-refractivity contribution in [3.8, 4) is 17.4 Å². The van der Waals surface area contributed by atoms with E-state index >= 15 is 0 Å². The minimum Gasteiger partial charge on any atom is -0.497 e. The summed E-state index contributed by atoms with van der Waals surface area (Å²) in [6.07, 6.45) is 3.67. The average molecular weight is 441 g/mol. The first-order chi connectivity index (χ1) is 15.0. The second-order valence-corrected chi connectivity index (χ2v) is 7.31. The molecule has 0 aliphatic heterocycles. The Morgan fingerprint density at radius 3 is 2.52 bits per heavy atom. The molecule has 2 heterocycles. The highest BCUT2D eigenvalue weighted by atomic mass is 32.2. The summed E-state index contributed by atoms with van der Waals surface area (Å²) >= 11 is 1.14. The summed E-state index contributed by atoms with van der Waals surface area (Å²) in [6, 6.07) is 14.0. The number of halogens is 2. The second kappa shape index (κ2) is 9.00. The molecule has 0 saturated heterocycles. The van der Waals surface area contributed by atoms with Gasteiger partial charge >= 0.3 is 0 Å². The molecule has 2 aromatic carbocycles. The van der Waals surface area contributed by atoms with Gasteiger partial charge in [0.15, 0.2) is 5.16 Å². The fraction of sp³-hybridized carbons (Fsp3) is 0.0952. The molecule has 0 radical (unpaired) electrons. The molecule has 0 aliphatic rings.